The van der Waals surface area contributed by atoms with Gasteiger partial charge in [0.1, 0.15) is 6.61 Å². The van der Waals surface area contributed by atoms with Gasteiger partial charge in [0.05, 0.1) is 12.8 Å². The van der Waals surface area contributed by atoms with Gasteiger partial charge in [0, 0.05) is 5.57 Å². The van der Waals surface area contributed by atoms with Crippen LogP contribution in [-0.4, -0.2) is 50.6 Å². The molecular weight excluding hydrogens is 404 g/mol. The first-order chi connectivity index (χ1) is 12.9. The van der Waals surface area contributed by atoms with Crippen molar-refractivity contribution in [3.8, 4) is 0 Å². The number of rotatable bonds is 16. The molecule has 0 N–H and O–H groups in total. The molecule has 166 valence electrons. The molecule has 28 heavy (non-hydrogen) atoms. The van der Waals surface area contributed by atoms with Crippen molar-refractivity contribution in [1.29, 1.82) is 0 Å². The Morgan fingerprint density at radius 3 is 1.79 bits per heavy atom. The molecule has 0 amide bonds. The lowest BCUT2D eigenvalue weighted by atomic mass is 10.4. The second-order valence-electron chi connectivity index (χ2n) is 8.77. The van der Waals surface area contributed by atoms with Gasteiger partial charge in [-0.25, -0.2) is 4.79 Å². The Bertz CT molecular complexity index is 463. The quantitative estimate of drug-likeness (QED) is 0.130. The maximum absolute atomic E-state index is 11.4. The fraction of sp³-hybridized carbons (Fsp3) is 0.850. The summed E-state index contributed by atoms with van der Waals surface area (Å²) in [5.74, 6) is -0.373. The van der Waals surface area contributed by atoms with Crippen LogP contribution in [0.5, 0.6) is 0 Å². The van der Waals surface area contributed by atoms with Gasteiger partial charge in [-0.1, -0.05) is 46.6 Å². The fourth-order valence-electron chi connectivity index (χ4n) is 3.77. The van der Waals surface area contributed by atoms with Crippen LogP contribution in [0.1, 0.15) is 47.0 Å². The van der Waals surface area contributed by atoms with Crippen LogP contribution in [0.4, 0.5) is 0 Å². The maximum Gasteiger partial charge on any atom is 0.333 e. The summed E-state index contributed by atoms with van der Waals surface area (Å²) < 4.78 is 24.4. The van der Waals surface area contributed by atoms with Crippen LogP contribution in [-0.2, 0) is 22.5 Å². The van der Waals surface area contributed by atoms with Gasteiger partial charge >= 0.3 is 14.5 Å². The normalized spacial score (nSPS) is 12.9. The zero-order chi connectivity index (χ0) is 21.8. The van der Waals surface area contributed by atoms with E-state index in [1.165, 1.54) is 37.4 Å². The molecule has 0 spiro atoms. The maximum atomic E-state index is 11.4. The van der Waals surface area contributed by atoms with E-state index in [1.54, 1.807) is 6.92 Å². The Balaban J connectivity index is 4.71. The van der Waals surface area contributed by atoms with Crippen molar-refractivity contribution in [2.75, 3.05) is 19.4 Å². The van der Waals surface area contributed by atoms with Gasteiger partial charge in [-0.2, -0.15) is 0 Å². The lowest BCUT2D eigenvalue weighted by Crippen LogP contribution is -2.55. The first-order valence-electron chi connectivity index (χ1n) is 10.7. The summed E-state index contributed by atoms with van der Waals surface area (Å²) in [4.78, 5) is 11.4. The molecule has 0 saturated carbocycles. The van der Waals surface area contributed by atoms with Crippen LogP contribution in [0.15, 0.2) is 12.2 Å². The van der Waals surface area contributed by atoms with E-state index in [1.807, 2.05) is 0 Å². The van der Waals surface area contributed by atoms with Crippen molar-refractivity contribution in [3.63, 3.8) is 0 Å². The summed E-state index contributed by atoms with van der Waals surface area (Å²) >= 11 is 0. The lowest BCUT2D eigenvalue weighted by Gasteiger charge is -2.41. The average Bonchev–Trinajstić information content (AvgIpc) is 2.53. The number of hydrogen-bond acceptors (Lipinski definition) is 5. The highest BCUT2D eigenvalue weighted by Gasteiger charge is 2.43. The molecule has 0 aromatic carbocycles. The zero-order valence-electron chi connectivity index (χ0n) is 19.6. The Hall–Kier alpha value is -0.259. The minimum absolute atomic E-state index is 0.243. The fourth-order valence-corrected chi connectivity index (χ4v) is 19.4. The van der Waals surface area contributed by atoms with E-state index in [9.17, 15) is 4.79 Å². The molecule has 0 bridgehead atoms. The molecule has 0 aliphatic heterocycles. The van der Waals surface area contributed by atoms with E-state index in [-0.39, 0.29) is 12.6 Å². The van der Waals surface area contributed by atoms with Crippen molar-refractivity contribution < 1.29 is 22.5 Å². The predicted octanol–water partition coefficient (Wildman–Crippen LogP) is 5.78. The smallest absolute Gasteiger partial charge is 0.333 e. The van der Waals surface area contributed by atoms with Crippen molar-refractivity contribution in [1.82, 2.24) is 0 Å². The third kappa shape index (κ3) is 11.7. The van der Waals surface area contributed by atoms with Gasteiger partial charge in [0.15, 0.2) is 8.32 Å². The molecule has 0 aromatic heterocycles. The second kappa shape index (κ2) is 13.1. The van der Waals surface area contributed by atoms with E-state index in [2.05, 4.69) is 53.5 Å². The van der Waals surface area contributed by atoms with E-state index >= 15 is 0 Å². The SMILES string of the molecule is C=C(C)C(=O)OCCOC[Si](C)(C)O[Si](C)(C)O[Si](CCC)(CCC)CCC. The Labute approximate surface area is 176 Å². The molecule has 0 saturated heterocycles. The van der Waals surface area contributed by atoms with Crippen LogP contribution in [0.2, 0.25) is 44.3 Å². The van der Waals surface area contributed by atoms with Crippen molar-refractivity contribution in [2.45, 2.75) is 91.3 Å². The molecule has 8 heteroatoms. The van der Waals surface area contributed by atoms with E-state index < -0.39 is 25.2 Å². The van der Waals surface area contributed by atoms with Crippen molar-refractivity contribution in [3.05, 3.63) is 12.2 Å². The molecule has 5 nitrogen and oxygen atoms in total. The molecule has 0 radical (unpaired) electrons. The van der Waals surface area contributed by atoms with E-state index in [4.69, 9.17) is 17.7 Å². The van der Waals surface area contributed by atoms with Gasteiger partial charge in [-0.05, 0) is 51.2 Å². The van der Waals surface area contributed by atoms with Gasteiger partial charge in [-0.15, -0.1) is 0 Å². The summed E-state index contributed by atoms with van der Waals surface area (Å²) in [7, 11) is -6.01. The summed E-state index contributed by atoms with van der Waals surface area (Å²) in [5, 5.41) is 0. The van der Waals surface area contributed by atoms with Gasteiger partial charge in [0.25, 0.3) is 0 Å². The summed E-state index contributed by atoms with van der Waals surface area (Å²) in [6.07, 6.45) is 4.12. The zero-order valence-corrected chi connectivity index (χ0v) is 22.6. The standard InChI is InChI=1S/C20H44O5Si3/c1-10-15-28(16-11-2,17-12-3)25-27(8,9)24-26(6,7)18-22-13-14-23-20(21)19(4)5/h4,10-18H2,1-3,5-9H3. The summed E-state index contributed by atoms with van der Waals surface area (Å²) in [6.45, 7) is 21.3. The van der Waals surface area contributed by atoms with Crippen LogP contribution >= 0.6 is 0 Å². The third-order valence-corrected chi connectivity index (χ3v) is 17.4. The summed E-state index contributed by atoms with van der Waals surface area (Å²) in [6, 6.07) is 3.67. The topological polar surface area (TPSA) is 54.0 Å². The first-order valence-corrected chi connectivity index (χ1v) is 19.2. The van der Waals surface area contributed by atoms with Gasteiger partial charge in [-0.3, -0.25) is 0 Å². The number of carbonyl (C=O) groups excluding carboxylic acids is 1. The van der Waals surface area contributed by atoms with Crippen LogP contribution < -0.4 is 0 Å². The van der Waals surface area contributed by atoms with E-state index in [0.717, 1.165) is 0 Å². The third-order valence-electron chi connectivity index (χ3n) is 4.36. The minimum Gasteiger partial charge on any atom is -0.460 e. The molecule has 0 heterocycles. The highest BCUT2D eigenvalue weighted by Crippen LogP contribution is 2.32. The highest BCUT2D eigenvalue weighted by molar-refractivity contribution is 6.88. The largest absolute Gasteiger partial charge is 0.460 e. The number of carbonyl (C=O) groups is 1. The summed E-state index contributed by atoms with van der Waals surface area (Å²) in [5.41, 5.74) is 0.404. The Morgan fingerprint density at radius 2 is 1.36 bits per heavy atom. The molecule has 0 aliphatic rings. The van der Waals surface area contributed by atoms with Crippen molar-refractivity contribution in [2.24, 2.45) is 0 Å². The van der Waals surface area contributed by atoms with Crippen LogP contribution in [0.25, 0.3) is 0 Å². The molecule has 0 fully saturated rings. The molecule has 0 unspecified atom stereocenters. The molecular formula is C20H44O5Si3. The number of hydrogen-bond donors (Lipinski definition) is 0. The molecule has 0 aromatic rings. The first kappa shape index (κ1) is 27.7. The van der Waals surface area contributed by atoms with Crippen molar-refractivity contribution >= 4 is 31.2 Å². The lowest BCUT2D eigenvalue weighted by molar-refractivity contribution is -0.140. The van der Waals surface area contributed by atoms with Crippen LogP contribution in [0.3, 0.4) is 0 Å². The average molecular weight is 449 g/mol. The Morgan fingerprint density at radius 1 is 0.857 bits per heavy atom. The second-order valence-corrected chi connectivity index (χ2v) is 20.9. The van der Waals surface area contributed by atoms with E-state index in [0.29, 0.717) is 18.4 Å². The van der Waals surface area contributed by atoms with Crippen LogP contribution in [0, 0.1) is 0 Å². The van der Waals surface area contributed by atoms with Gasteiger partial charge < -0.3 is 17.7 Å². The predicted molar refractivity (Wildman–Crippen MR) is 125 cm³/mol. The Kier molecular flexibility index (Phi) is 13.0. The monoisotopic (exact) mass is 448 g/mol. The molecule has 0 atom stereocenters. The highest BCUT2D eigenvalue weighted by atomic mass is 28.5. The number of esters is 1. The number of ether oxygens (including phenoxy) is 2. The van der Waals surface area contributed by atoms with Gasteiger partial charge in [0.2, 0.25) is 8.32 Å². The molecule has 0 rings (SSSR count). The molecule has 0 aliphatic carbocycles. The minimum atomic E-state index is -2.24.